The number of amides is 1. The van der Waals surface area contributed by atoms with E-state index in [0.29, 0.717) is 33.7 Å². The highest BCUT2D eigenvalue weighted by Gasteiger charge is 2.13. The van der Waals surface area contributed by atoms with Crippen LogP contribution in [0.5, 0.6) is 0 Å². The van der Waals surface area contributed by atoms with Gasteiger partial charge in [0, 0.05) is 11.0 Å². The highest BCUT2D eigenvalue weighted by atomic mass is 79.9. The molecule has 0 bridgehead atoms. The molecule has 4 rings (SSSR count). The van der Waals surface area contributed by atoms with Crippen LogP contribution in [0.25, 0.3) is 11.0 Å². The lowest BCUT2D eigenvalue weighted by Gasteiger charge is -2.09. The van der Waals surface area contributed by atoms with E-state index in [4.69, 9.17) is 11.6 Å². The molecule has 0 aliphatic heterocycles. The minimum atomic E-state index is -0.362. The molecule has 0 aliphatic carbocycles. The average molecular weight is 505 g/mol. The summed E-state index contributed by atoms with van der Waals surface area (Å²) in [4.78, 5) is 29.5. The van der Waals surface area contributed by atoms with Crippen LogP contribution in [0.4, 0.5) is 4.39 Å². The Hall–Kier alpha value is -3.04. The van der Waals surface area contributed by atoms with E-state index in [-0.39, 0.29) is 30.4 Å². The van der Waals surface area contributed by atoms with E-state index < -0.39 is 0 Å². The summed E-state index contributed by atoms with van der Waals surface area (Å²) in [5.74, 6) is -0.674. The summed E-state index contributed by atoms with van der Waals surface area (Å²) in [5, 5.41) is 7.70. The van der Waals surface area contributed by atoms with E-state index in [1.54, 1.807) is 35.0 Å². The quantitative estimate of drug-likeness (QED) is 0.435. The number of benzene rings is 2. The zero-order valence-electron chi connectivity index (χ0n) is 16.1. The Morgan fingerprint density at radius 3 is 2.87 bits per heavy atom. The van der Waals surface area contributed by atoms with Crippen molar-refractivity contribution in [3.8, 4) is 0 Å². The molecule has 10 heteroatoms. The number of hydrogen-bond donors (Lipinski definition) is 1. The fourth-order valence-electron chi connectivity index (χ4n) is 3.15. The van der Waals surface area contributed by atoms with Crippen molar-refractivity contribution in [1.29, 1.82) is 0 Å². The maximum Gasteiger partial charge on any atom is 0.264 e. The third-order valence-corrected chi connectivity index (χ3v) is 5.47. The lowest BCUT2D eigenvalue weighted by molar-refractivity contribution is 0.0952. The second kappa shape index (κ2) is 8.99. The Balaban J connectivity index is 1.47. The maximum atomic E-state index is 13.4. The Labute approximate surface area is 189 Å². The molecule has 1 N–H and O–H groups in total. The number of nitrogens with zero attached hydrogens (tertiary/aromatic N) is 4. The minimum absolute atomic E-state index is 0.203. The summed E-state index contributed by atoms with van der Waals surface area (Å²) in [6, 6.07) is 11.1. The van der Waals surface area contributed by atoms with Crippen LogP contribution >= 0.6 is 27.5 Å². The zero-order chi connectivity index (χ0) is 22.0. The van der Waals surface area contributed by atoms with Gasteiger partial charge in [-0.3, -0.25) is 14.2 Å². The summed E-state index contributed by atoms with van der Waals surface area (Å²) in [6.45, 7) is 0.794. The molecule has 0 radical (unpaired) electrons. The largest absolute Gasteiger partial charge is 0.350 e. The molecule has 0 saturated carbocycles. The zero-order valence-corrected chi connectivity index (χ0v) is 18.4. The monoisotopic (exact) mass is 503 g/mol. The summed E-state index contributed by atoms with van der Waals surface area (Å²) in [7, 11) is 0. The van der Waals surface area contributed by atoms with E-state index in [2.05, 4.69) is 31.3 Å². The van der Waals surface area contributed by atoms with Gasteiger partial charge >= 0.3 is 0 Å². The highest BCUT2D eigenvalue weighted by Crippen LogP contribution is 2.20. The fraction of sp³-hybridized carbons (Fsp3) is 0.143. The molecule has 158 valence electrons. The van der Waals surface area contributed by atoms with E-state index >= 15 is 0 Å². The first-order valence-electron chi connectivity index (χ1n) is 9.31. The van der Waals surface area contributed by atoms with Crippen molar-refractivity contribution in [3.05, 3.63) is 91.8 Å². The molecule has 2 aromatic carbocycles. The molecule has 0 saturated heterocycles. The molecule has 0 aliphatic rings. The van der Waals surface area contributed by atoms with Crippen molar-refractivity contribution in [3.63, 3.8) is 0 Å². The molecule has 4 aromatic rings. The third kappa shape index (κ3) is 4.67. The van der Waals surface area contributed by atoms with Gasteiger partial charge in [-0.15, -0.1) is 0 Å². The molecule has 1 amide bonds. The summed E-state index contributed by atoms with van der Waals surface area (Å²) >= 11 is 9.40. The van der Waals surface area contributed by atoms with Crippen molar-refractivity contribution in [2.75, 3.05) is 6.54 Å². The predicted octanol–water partition coefficient (Wildman–Crippen LogP) is 3.63. The van der Waals surface area contributed by atoms with E-state index in [0.717, 1.165) is 4.47 Å². The van der Waals surface area contributed by atoms with Gasteiger partial charge < -0.3 is 5.32 Å². The first-order chi connectivity index (χ1) is 14.9. The van der Waals surface area contributed by atoms with Crippen LogP contribution in [0.3, 0.4) is 0 Å². The summed E-state index contributed by atoms with van der Waals surface area (Å²) in [6.07, 6.45) is 2.85. The van der Waals surface area contributed by atoms with Crippen LogP contribution in [0.15, 0.2) is 64.3 Å². The molecule has 7 nitrogen and oxygen atoms in total. The number of rotatable bonds is 6. The van der Waals surface area contributed by atoms with Gasteiger partial charge in [0.2, 0.25) is 0 Å². The number of nitrogens with one attached hydrogen (secondary N) is 1. The first kappa shape index (κ1) is 21.2. The summed E-state index contributed by atoms with van der Waals surface area (Å²) in [5.41, 5.74) is 1.16. The van der Waals surface area contributed by atoms with Gasteiger partial charge in [0.15, 0.2) is 5.65 Å². The number of aromatic nitrogens is 4. The Kier molecular flexibility index (Phi) is 6.15. The molecular weight excluding hydrogens is 489 g/mol. The van der Waals surface area contributed by atoms with Crippen LogP contribution in [0.1, 0.15) is 15.9 Å². The van der Waals surface area contributed by atoms with Crippen molar-refractivity contribution >= 4 is 44.5 Å². The van der Waals surface area contributed by atoms with Crippen LogP contribution in [-0.2, 0) is 13.1 Å². The maximum absolute atomic E-state index is 13.4. The van der Waals surface area contributed by atoms with Gasteiger partial charge in [-0.1, -0.05) is 39.7 Å². The third-order valence-electron chi connectivity index (χ3n) is 4.65. The van der Waals surface area contributed by atoms with Crippen molar-refractivity contribution in [1.82, 2.24) is 24.6 Å². The standard InChI is InChI=1S/C21H16BrClFN5O2/c22-14-4-5-18(23)16(9-14)20(30)25-6-7-29-19-17(10-27-29)21(31)28(12-26-19)11-13-2-1-3-15(24)8-13/h1-5,8-10,12H,6-7,11H2,(H,25,30). The number of carbonyl (C=O) groups is 1. The van der Waals surface area contributed by atoms with Gasteiger partial charge in [-0.2, -0.15) is 5.10 Å². The highest BCUT2D eigenvalue weighted by molar-refractivity contribution is 9.10. The minimum Gasteiger partial charge on any atom is -0.350 e. The molecule has 2 aromatic heterocycles. The molecule has 0 fully saturated rings. The molecule has 2 heterocycles. The van der Waals surface area contributed by atoms with Crippen molar-refractivity contribution < 1.29 is 9.18 Å². The number of halogens is 3. The predicted molar refractivity (Wildman–Crippen MR) is 119 cm³/mol. The first-order valence-corrected chi connectivity index (χ1v) is 10.5. The number of hydrogen-bond acceptors (Lipinski definition) is 4. The van der Waals surface area contributed by atoms with Gasteiger partial charge in [0.1, 0.15) is 17.5 Å². The van der Waals surface area contributed by atoms with Gasteiger partial charge in [0.05, 0.1) is 29.9 Å². The van der Waals surface area contributed by atoms with Crippen molar-refractivity contribution in [2.24, 2.45) is 0 Å². The van der Waals surface area contributed by atoms with Gasteiger partial charge in [0.25, 0.3) is 11.5 Å². The Morgan fingerprint density at radius 1 is 1.23 bits per heavy atom. The van der Waals surface area contributed by atoms with Crippen LogP contribution in [0, 0.1) is 5.82 Å². The topological polar surface area (TPSA) is 81.8 Å². The Bertz CT molecular complexity index is 1340. The van der Waals surface area contributed by atoms with Gasteiger partial charge in [-0.25, -0.2) is 14.1 Å². The lowest BCUT2D eigenvalue weighted by Crippen LogP contribution is -2.28. The van der Waals surface area contributed by atoms with Crippen LogP contribution in [-0.4, -0.2) is 31.8 Å². The second-order valence-electron chi connectivity index (χ2n) is 6.79. The van der Waals surface area contributed by atoms with Crippen LogP contribution < -0.4 is 10.9 Å². The number of fused-ring (bicyclic) bond motifs is 1. The molecular formula is C21H16BrClFN5O2. The average Bonchev–Trinajstić information content (AvgIpc) is 3.15. The van der Waals surface area contributed by atoms with Gasteiger partial charge in [-0.05, 0) is 35.9 Å². The normalized spacial score (nSPS) is 11.1. The molecule has 0 unspecified atom stereocenters. The van der Waals surface area contributed by atoms with Crippen LogP contribution in [0.2, 0.25) is 5.02 Å². The van der Waals surface area contributed by atoms with E-state index in [1.165, 1.54) is 29.2 Å². The lowest BCUT2D eigenvalue weighted by atomic mass is 10.2. The molecule has 0 atom stereocenters. The second-order valence-corrected chi connectivity index (χ2v) is 8.12. The smallest absolute Gasteiger partial charge is 0.264 e. The molecule has 0 spiro atoms. The van der Waals surface area contributed by atoms with E-state index in [9.17, 15) is 14.0 Å². The van der Waals surface area contributed by atoms with E-state index in [1.807, 2.05) is 0 Å². The molecule has 31 heavy (non-hydrogen) atoms. The summed E-state index contributed by atoms with van der Waals surface area (Å²) < 4.78 is 17.1. The fourth-order valence-corrected chi connectivity index (χ4v) is 3.71. The SMILES string of the molecule is O=C(NCCn1ncc2c(=O)n(Cc3cccc(F)c3)cnc21)c1cc(Br)ccc1Cl. The Morgan fingerprint density at radius 2 is 2.06 bits per heavy atom. The number of carbonyl (C=O) groups excluding carboxylic acids is 1. The van der Waals surface area contributed by atoms with Crippen molar-refractivity contribution in [2.45, 2.75) is 13.1 Å².